The highest BCUT2D eigenvalue weighted by atomic mass is 35.5. The molecule has 0 unspecified atom stereocenters. The Kier molecular flexibility index (Phi) is 7.43. The van der Waals surface area contributed by atoms with Gasteiger partial charge in [-0.2, -0.15) is 0 Å². The monoisotopic (exact) mass is 414 g/mol. The van der Waals surface area contributed by atoms with Gasteiger partial charge in [0.1, 0.15) is 11.6 Å². The lowest BCUT2D eigenvalue weighted by Crippen LogP contribution is -2.18. The van der Waals surface area contributed by atoms with Crippen LogP contribution in [0.4, 0.5) is 22.0 Å². The van der Waals surface area contributed by atoms with Gasteiger partial charge in [-0.15, -0.1) is 0 Å². The molecule has 6 nitrogen and oxygen atoms in total. The van der Waals surface area contributed by atoms with Gasteiger partial charge in [0.05, 0.1) is 17.6 Å². The maximum atomic E-state index is 12.1. The van der Waals surface area contributed by atoms with Crippen LogP contribution in [0.5, 0.6) is 0 Å². The number of carbonyl (C=O) groups excluding carboxylic acids is 1. The number of benzene rings is 1. The average Bonchev–Trinajstić information content (AvgIpc) is 2.57. The van der Waals surface area contributed by atoms with E-state index in [-0.39, 0.29) is 0 Å². The number of halogens is 1. The molecular formula is C17H23ClN4O2S2. The smallest absolute Gasteiger partial charge is 0.411 e. The molecule has 0 bridgehead atoms. The molecule has 2 rings (SSSR count). The van der Waals surface area contributed by atoms with Gasteiger partial charge < -0.3 is 10.1 Å². The second-order valence-electron chi connectivity index (χ2n) is 6.28. The molecule has 142 valence electrons. The molecule has 0 aliphatic rings. The minimum Gasteiger partial charge on any atom is -0.448 e. The van der Waals surface area contributed by atoms with Crippen LogP contribution in [0.1, 0.15) is 0 Å². The number of nitrogens with one attached hydrogen (secondary N) is 2. The quantitative estimate of drug-likeness (QED) is 0.498. The third-order valence-electron chi connectivity index (χ3n) is 3.25. The topological polar surface area (TPSA) is 76.1 Å². The number of hydrogen-bond donors (Lipinski definition) is 2. The van der Waals surface area contributed by atoms with Crippen LogP contribution in [0.15, 0.2) is 35.6 Å². The molecule has 0 aliphatic carbocycles. The third kappa shape index (κ3) is 6.59. The van der Waals surface area contributed by atoms with Crippen LogP contribution in [-0.4, -0.2) is 53.4 Å². The summed E-state index contributed by atoms with van der Waals surface area (Å²) < 4.78 is 5.28. The molecule has 0 fully saturated rings. The van der Waals surface area contributed by atoms with Crippen LogP contribution in [0.2, 0.25) is 5.02 Å². The Hall–Kier alpha value is -1.64. The fourth-order valence-corrected chi connectivity index (χ4v) is 2.96. The number of rotatable bonds is 7. The van der Waals surface area contributed by atoms with Crippen LogP contribution >= 0.6 is 33.4 Å². The molecule has 0 atom stereocenters. The molecule has 1 aromatic carbocycles. The normalized spacial score (nSPS) is 11.7. The van der Waals surface area contributed by atoms with Crippen LogP contribution < -0.4 is 10.6 Å². The van der Waals surface area contributed by atoms with Gasteiger partial charge in [-0.1, -0.05) is 35.5 Å². The number of para-hydroxylation sites is 2. The second kappa shape index (κ2) is 9.34. The molecular weight excluding hydrogens is 392 g/mol. The lowest BCUT2D eigenvalue weighted by Gasteiger charge is -2.24. The summed E-state index contributed by atoms with van der Waals surface area (Å²) in [4.78, 5) is 20.5. The Bertz CT molecular complexity index is 769. The highest BCUT2D eigenvalue weighted by Gasteiger charge is 2.12. The number of thioether (sulfide) groups is 1. The first-order chi connectivity index (χ1) is 12.3. The van der Waals surface area contributed by atoms with Crippen LogP contribution in [0, 0.1) is 0 Å². The van der Waals surface area contributed by atoms with E-state index in [1.807, 2.05) is 24.5 Å². The Balaban J connectivity index is 2.07. The van der Waals surface area contributed by atoms with Crippen LogP contribution in [0.25, 0.3) is 0 Å². The van der Waals surface area contributed by atoms with Crippen molar-refractivity contribution in [2.24, 2.45) is 0 Å². The van der Waals surface area contributed by atoms with E-state index in [1.54, 1.807) is 12.3 Å². The number of hydrogen-bond acceptors (Lipinski definition) is 6. The first-order valence-corrected chi connectivity index (χ1v) is 12.4. The molecule has 9 heteroatoms. The van der Waals surface area contributed by atoms with Crippen molar-refractivity contribution in [2.75, 3.05) is 48.0 Å². The standard InChI is InChI=1S/C17H23ClN4O2S2/c1-25-16-19-11-12(18)15(22-16)20-13-7-5-6-8-14(13)21-17(23)24-9-10-26(2,3)4/h5-8,11H,9-10H2,1-4H3,(H,21,23)(H,19,20,22). The van der Waals surface area contributed by atoms with Crippen molar-refractivity contribution in [3.63, 3.8) is 0 Å². The third-order valence-corrected chi connectivity index (χ3v) is 5.48. The van der Waals surface area contributed by atoms with Gasteiger partial charge in [-0.25, -0.2) is 24.8 Å². The Morgan fingerprint density at radius 3 is 2.62 bits per heavy atom. The number of aromatic nitrogens is 2. The Labute approximate surface area is 164 Å². The van der Waals surface area contributed by atoms with Crippen molar-refractivity contribution in [1.82, 2.24) is 9.97 Å². The number of carbonyl (C=O) groups is 1. The van der Waals surface area contributed by atoms with E-state index < -0.39 is 16.1 Å². The summed E-state index contributed by atoms with van der Waals surface area (Å²) in [5.74, 6) is 1.35. The van der Waals surface area contributed by atoms with Crippen molar-refractivity contribution < 1.29 is 9.53 Å². The van der Waals surface area contributed by atoms with Crippen molar-refractivity contribution in [1.29, 1.82) is 0 Å². The lowest BCUT2D eigenvalue weighted by molar-refractivity contribution is 0.169. The van der Waals surface area contributed by atoms with E-state index in [4.69, 9.17) is 16.3 Å². The van der Waals surface area contributed by atoms with E-state index >= 15 is 0 Å². The summed E-state index contributed by atoms with van der Waals surface area (Å²) in [6.07, 6.45) is 9.49. The lowest BCUT2D eigenvalue weighted by atomic mass is 10.2. The molecule has 2 aromatic rings. The van der Waals surface area contributed by atoms with E-state index in [9.17, 15) is 4.79 Å². The summed E-state index contributed by atoms with van der Waals surface area (Å²) in [6.45, 7) is 0.398. The molecule has 26 heavy (non-hydrogen) atoms. The van der Waals surface area contributed by atoms with E-state index in [2.05, 4.69) is 39.4 Å². The molecule has 2 N–H and O–H groups in total. The van der Waals surface area contributed by atoms with Gasteiger partial charge in [0.25, 0.3) is 0 Å². The predicted molar refractivity (Wildman–Crippen MR) is 114 cm³/mol. The fourth-order valence-electron chi connectivity index (χ4n) is 1.90. The molecule has 0 spiro atoms. The highest BCUT2D eigenvalue weighted by Crippen LogP contribution is 2.33. The number of amides is 1. The summed E-state index contributed by atoms with van der Waals surface area (Å²) in [6, 6.07) is 7.29. The largest absolute Gasteiger partial charge is 0.448 e. The second-order valence-corrected chi connectivity index (χ2v) is 12.1. The Morgan fingerprint density at radius 2 is 1.96 bits per heavy atom. The molecule has 1 amide bonds. The van der Waals surface area contributed by atoms with Gasteiger partial charge in [0.2, 0.25) is 0 Å². The molecule has 0 saturated heterocycles. The maximum Gasteiger partial charge on any atom is 0.411 e. The summed E-state index contributed by atoms with van der Waals surface area (Å²) in [7, 11) is -0.701. The predicted octanol–water partition coefficient (Wildman–Crippen LogP) is 4.84. The molecule has 0 saturated carbocycles. The average molecular weight is 415 g/mol. The van der Waals surface area contributed by atoms with Crippen LogP contribution in [-0.2, 0) is 4.74 Å². The number of anilines is 3. The summed E-state index contributed by atoms with van der Waals surface area (Å²) >= 11 is 7.59. The zero-order valence-electron chi connectivity index (χ0n) is 15.2. The van der Waals surface area contributed by atoms with Gasteiger partial charge in [-0.05, 0) is 37.2 Å². The molecule has 1 heterocycles. The fraction of sp³-hybridized carbons (Fsp3) is 0.353. The van der Waals surface area contributed by atoms with Crippen molar-refractivity contribution in [3.8, 4) is 0 Å². The van der Waals surface area contributed by atoms with Gasteiger partial charge in [0.15, 0.2) is 11.0 Å². The molecule has 0 radical (unpaired) electrons. The van der Waals surface area contributed by atoms with Gasteiger partial charge in [0, 0.05) is 5.75 Å². The first kappa shape index (κ1) is 20.7. The molecule has 0 aliphatic heterocycles. The SMILES string of the molecule is CSc1ncc(Cl)c(Nc2ccccc2NC(=O)OCCS(C)(C)C)n1. The minimum absolute atomic E-state index is 0.397. The molecule has 1 aromatic heterocycles. The van der Waals surface area contributed by atoms with Crippen molar-refractivity contribution in [3.05, 3.63) is 35.5 Å². The van der Waals surface area contributed by atoms with E-state index in [1.165, 1.54) is 11.8 Å². The number of nitrogens with zero attached hydrogens (tertiary/aromatic N) is 2. The van der Waals surface area contributed by atoms with Crippen molar-refractivity contribution >= 4 is 56.7 Å². The van der Waals surface area contributed by atoms with E-state index in [0.29, 0.717) is 34.0 Å². The first-order valence-electron chi connectivity index (χ1n) is 7.81. The summed E-state index contributed by atoms with van der Waals surface area (Å²) in [5.41, 5.74) is 1.25. The van der Waals surface area contributed by atoms with Crippen LogP contribution in [0.3, 0.4) is 0 Å². The zero-order valence-corrected chi connectivity index (χ0v) is 17.6. The summed E-state index contributed by atoms with van der Waals surface area (Å²) in [5, 5.41) is 6.90. The number of ether oxygens (including phenoxy) is 1. The minimum atomic E-state index is -0.701. The zero-order chi connectivity index (χ0) is 19.2. The van der Waals surface area contributed by atoms with Crippen molar-refractivity contribution in [2.45, 2.75) is 5.16 Å². The highest BCUT2D eigenvalue weighted by molar-refractivity contribution is 8.32. The maximum absolute atomic E-state index is 12.1. The van der Waals surface area contributed by atoms with E-state index in [0.717, 1.165) is 5.75 Å². The Morgan fingerprint density at radius 1 is 1.27 bits per heavy atom. The van der Waals surface area contributed by atoms with Gasteiger partial charge >= 0.3 is 6.09 Å². The van der Waals surface area contributed by atoms with Gasteiger partial charge in [-0.3, -0.25) is 5.32 Å².